The van der Waals surface area contributed by atoms with Crippen molar-refractivity contribution in [1.29, 1.82) is 0 Å². The van der Waals surface area contributed by atoms with Crippen LogP contribution < -0.4 is 0 Å². The lowest BCUT2D eigenvalue weighted by Gasteiger charge is -1.98. The number of hydroxylamine groups is 1. The predicted molar refractivity (Wildman–Crippen MR) is 51.2 cm³/mol. The van der Waals surface area contributed by atoms with Gasteiger partial charge in [-0.3, -0.25) is 0 Å². The van der Waals surface area contributed by atoms with Crippen molar-refractivity contribution in [2.75, 3.05) is 7.05 Å². The Balaban J connectivity index is 3.10. The molecule has 0 aliphatic rings. The van der Waals surface area contributed by atoms with Gasteiger partial charge in [0.05, 0.1) is 10.6 Å². The van der Waals surface area contributed by atoms with Crippen LogP contribution in [0.25, 0.3) is 0 Å². The highest BCUT2D eigenvalue weighted by atomic mass is 35.5. The first-order valence-corrected chi connectivity index (χ1v) is 4.05. The summed E-state index contributed by atoms with van der Waals surface area (Å²) < 4.78 is 0.690. The van der Waals surface area contributed by atoms with E-state index < -0.39 is 0 Å². The van der Waals surface area contributed by atoms with Crippen LogP contribution >= 0.6 is 23.2 Å². The Labute approximate surface area is 80.6 Å². The highest BCUT2D eigenvalue weighted by molar-refractivity contribution is 6.36. The summed E-state index contributed by atoms with van der Waals surface area (Å²) in [5, 5.41) is 11.7. The zero-order valence-electron chi connectivity index (χ0n) is 6.42. The van der Waals surface area contributed by atoms with Crippen molar-refractivity contribution in [1.82, 2.24) is 0 Å². The fourth-order valence-corrected chi connectivity index (χ4v) is 1.26. The van der Waals surface area contributed by atoms with E-state index in [2.05, 4.69) is 0 Å². The van der Waals surface area contributed by atoms with Crippen LogP contribution in [0.2, 0.25) is 10.0 Å². The average molecular weight is 204 g/mol. The molecular formula is C8H7Cl2NO. The Hall–Kier alpha value is -0.730. The molecule has 12 heavy (non-hydrogen) atoms. The molecule has 0 saturated carbocycles. The Morgan fingerprint density at radius 3 is 2.58 bits per heavy atom. The predicted octanol–water partition coefficient (Wildman–Crippen LogP) is 2.55. The van der Waals surface area contributed by atoms with Gasteiger partial charge in [0.2, 0.25) is 0 Å². The van der Waals surface area contributed by atoms with E-state index in [1.54, 1.807) is 18.2 Å². The van der Waals surface area contributed by atoms with Crippen LogP contribution in [0.15, 0.2) is 18.2 Å². The second-order valence-electron chi connectivity index (χ2n) is 2.34. The van der Waals surface area contributed by atoms with Crippen molar-refractivity contribution >= 4 is 29.4 Å². The zero-order chi connectivity index (χ0) is 9.14. The van der Waals surface area contributed by atoms with E-state index in [0.29, 0.717) is 20.3 Å². The lowest BCUT2D eigenvalue weighted by atomic mass is 10.2. The van der Waals surface area contributed by atoms with Gasteiger partial charge in [-0.15, -0.1) is 0 Å². The first-order chi connectivity index (χ1) is 5.59. The van der Waals surface area contributed by atoms with Gasteiger partial charge < -0.3 is 5.21 Å². The van der Waals surface area contributed by atoms with Crippen LogP contribution in [-0.2, 0) is 0 Å². The Bertz CT molecular complexity index is 319. The van der Waals surface area contributed by atoms with Crippen molar-refractivity contribution in [3.63, 3.8) is 0 Å². The van der Waals surface area contributed by atoms with Crippen LogP contribution in [0.4, 0.5) is 0 Å². The minimum absolute atomic E-state index is 0.477. The largest absolute Gasteiger partial charge is 0.624 e. The molecule has 64 valence electrons. The molecule has 2 nitrogen and oxygen atoms in total. The van der Waals surface area contributed by atoms with Gasteiger partial charge in [-0.2, -0.15) is 0 Å². The highest BCUT2D eigenvalue weighted by Crippen LogP contribution is 2.19. The highest BCUT2D eigenvalue weighted by Gasteiger charge is 2.00. The van der Waals surface area contributed by atoms with Crippen LogP contribution in [0.5, 0.6) is 0 Å². The van der Waals surface area contributed by atoms with Crippen molar-refractivity contribution in [3.8, 4) is 0 Å². The minimum Gasteiger partial charge on any atom is -0.624 e. The third-order valence-electron chi connectivity index (χ3n) is 1.28. The van der Waals surface area contributed by atoms with E-state index in [4.69, 9.17) is 23.2 Å². The number of hydrogen-bond acceptors (Lipinski definition) is 1. The molecule has 0 saturated heterocycles. The first kappa shape index (κ1) is 9.36. The van der Waals surface area contributed by atoms with Crippen molar-refractivity contribution in [3.05, 3.63) is 39.0 Å². The molecule has 0 unspecified atom stereocenters. The second kappa shape index (κ2) is 3.78. The molecule has 0 N–H and O–H groups in total. The van der Waals surface area contributed by atoms with E-state index in [-0.39, 0.29) is 0 Å². The molecule has 0 bridgehead atoms. The van der Waals surface area contributed by atoms with Gasteiger partial charge in [0.25, 0.3) is 0 Å². The maximum Gasteiger partial charge on any atom is 0.183 e. The van der Waals surface area contributed by atoms with Gasteiger partial charge in [-0.1, -0.05) is 23.2 Å². The molecule has 1 rings (SSSR count). The number of hydrogen-bond donors (Lipinski definition) is 0. The van der Waals surface area contributed by atoms with Crippen molar-refractivity contribution in [2.45, 2.75) is 0 Å². The summed E-state index contributed by atoms with van der Waals surface area (Å²) in [4.78, 5) is 0. The Morgan fingerprint density at radius 1 is 1.42 bits per heavy atom. The molecular weight excluding hydrogens is 197 g/mol. The van der Waals surface area contributed by atoms with E-state index >= 15 is 0 Å². The lowest BCUT2D eigenvalue weighted by molar-refractivity contribution is -0.416. The normalized spacial score (nSPS) is 11.8. The average Bonchev–Trinajstić information content (AvgIpc) is 1.94. The molecule has 0 radical (unpaired) electrons. The standard InChI is InChI=1S/C8H7Cl2NO/c1-11(12)5-6-2-3-7(9)4-8(6)10/h2-5H,1H3/b11-5+. The summed E-state index contributed by atoms with van der Waals surface area (Å²) in [6, 6.07) is 4.97. The van der Waals surface area contributed by atoms with Crippen molar-refractivity contribution < 1.29 is 4.74 Å². The van der Waals surface area contributed by atoms with Gasteiger partial charge >= 0.3 is 0 Å². The number of rotatable bonds is 1. The summed E-state index contributed by atoms with van der Waals surface area (Å²) >= 11 is 11.5. The van der Waals surface area contributed by atoms with Crippen LogP contribution in [-0.4, -0.2) is 18.0 Å². The number of halogens is 2. The molecule has 0 spiro atoms. The summed E-state index contributed by atoms with van der Waals surface area (Å²) in [5.74, 6) is 0. The van der Waals surface area contributed by atoms with E-state index in [1.807, 2.05) is 0 Å². The molecule has 0 aliphatic heterocycles. The van der Waals surface area contributed by atoms with Gasteiger partial charge in [0.15, 0.2) is 6.21 Å². The molecule has 0 aromatic heterocycles. The summed E-state index contributed by atoms with van der Waals surface area (Å²) in [7, 11) is 1.39. The third-order valence-corrected chi connectivity index (χ3v) is 1.85. The summed E-state index contributed by atoms with van der Waals surface area (Å²) in [6.45, 7) is 0. The van der Waals surface area contributed by atoms with Crippen LogP contribution in [0, 0.1) is 5.21 Å². The Kier molecular flexibility index (Phi) is 2.95. The van der Waals surface area contributed by atoms with E-state index in [1.165, 1.54) is 13.3 Å². The Morgan fingerprint density at radius 2 is 2.08 bits per heavy atom. The lowest BCUT2D eigenvalue weighted by Crippen LogP contribution is -1.97. The molecule has 0 heterocycles. The van der Waals surface area contributed by atoms with Gasteiger partial charge in [0.1, 0.15) is 7.05 Å². The molecule has 1 aromatic rings. The van der Waals surface area contributed by atoms with Gasteiger partial charge in [-0.05, 0) is 18.2 Å². The van der Waals surface area contributed by atoms with E-state index in [9.17, 15) is 5.21 Å². The minimum atomic E-state index is 0.477. The smallest absolute Gasteiger partial charge is 0.183 e. The first-order valence-electron chi connectivity index (χ1n) is 3.29. The summed E-state index contributed by atoms with van der Waals surface area (Å²) in [6.07, 6.45) is 1.39. The van der Waals surface area contributed by atoms with E-state index in [0.717, 1.165) is 0 Å². The second-order valence-corrected chi connectivity index (χ2v) is 3.18. The molecule has 0 atom stereocenters. The maximum atomic E-state index is 10.6. The fourth-order valence-electron chi connectivity index (χ4n) is 0.802. The van der Waals surface area contributed by atoms with Gasteiger partial charge in [0, 0.05) is 5.02 Å². The van der Waals surface area contributed by atoms with Crippen molar-refractivity contribution in [2.24, 2.45) is 0 Å². The number of nitrogens with zero attached hydrogens (tertiary/aromatic N) is 1. The molecule has 0 fully saturated rings. The van der Waals surface area contributed by atoms with Crippen LogP contribution in [0.3, 0.4) is 0 Å². The quantitative estimate of drug-likeness (QED) is 0.298. The molecule has 4 heteroatoms. The maximum absolute atomic E-state index is 10.6. The summed E-state index contributed by atoms with van der Waals surface area (Å²) in [5.41, 5.74) is 0.665. The SMILES string of the molecule is C/[N+]([O-])=C\c1ccc(Cl)cc1Cl. The van der Waals surface area contributed by atoms with Gasteiger partial charge in [-0.25, -0.2) is 4.74 Å². The molecule has 0 amide bonds. The molecule has 1 aromatic carbocycles. The monoisotopic (exact) mass is 203 g/mol. The third kappa shape index (κ3) is 2.40. The number of benzene rings is 1. The topological polar surface area (TPSA) is 26.1 Å². The zero-order valence-corrected chi connectivity index (χ0v) is 7.93. The van der Waals surface area contributed by atoms with Crippen LogP contribution in [0.1, 0.15) is 5.56 Å². The molecule has 0 aliphatic carbocycles. The fraction of sp³-hybridized carbons (Fsp3) is 0.125.